The van der Waals surface area contributed by atoms with Crippen molar-refractivity contribution in [3.05, 3.63) is 15.6 Å². The molecule has 0 fully saturated rings. The number of nitrogens with one attached hydrogen (secondary N) is 1. The minimum Gasteiger partial charge on any atom is -0.330 e. The van der Waals surface area contributed by atoms with Gasteiger partial charge in [-0.25, -0.2) is 4.98 Å². The van der Waals surface area contributed by atoms with E-state index in [0.29, 0.717) is 6.04 Å². The second kappa shape index (κ2) is 8.62. The number of rotatable bonds is 9. The average molecular weight is 269 g/mol. The first kappa shape index (κ1) is 15.6. The summed E-state index contributed by atoms with van der Waals surface area (Å²) in [5.74, 6) is 0. The van der Waals surface area contributed by atoms with E-state index in [9.17, 15) is 0 Å². The third kappa shape index (κ3) is 5.46. The van der Waals surface area contributed by atoms with E-state index in [0.717, 1.165) is 18.1 Å². The average Bonchev–Trinajstić information content (AvgIpc) is 2.67. The third-order valence-electron chi connectivity index (χ3n) is 3.16. The van der Waals surface area contributed by atoms with Crippen molar-refractivity contribution in [1.82, 2.24) is 10.3 Å². The van der Waals surface area contributed by atoms with Crippen molar-refractivity contribution in [3.8, 4) is 0 Å². The highest BCUT2D eigenvalue weighted by molar-refractivity contribution is 7.11. The summed E-state index contributed by atoms with van der Waals surface area (Å²) in [4.78, 5) is 5.86. The summed E-state index contributed by atoms with van der Waals surface area (Å²) in [6, 6.07) is 0.431. The molecule has 0 saturated carbocycles. The summed E-state index contributed by atoms with van der Waals surface area (Å²) in [6.07, 6.45) is 6.32. The van der Waals surface area contributed by atoms with Crippen molar-refractivity contribution in [2.75, 3.05) is 13.1 Å². The second-order valence-corrected chi connectivity index (χ2v) is 6.15. The molecule has 104 valence electrons. The zero-order valence-electron chi connectivity index (χ0n) is 12.0. The van der Waals surface area contributed by atoms with Crippen LogP contribution in [-0.4, -0.2) is 18.1 Å². The maximum atomic E-state index is 5.47. The van der Waals surface area contributed by atoms with Gasteiger partial charge in [0.1, 0.15) is 0 Å². The van der Waals surface area contributed by atoms with E-state index in [1.807, 2.05) is 11.3 Å². The van der Waals surface area contributed by atoms with E-state index < -0.39 is 0 Å². The van der Waals surface area contributed by atoms with Crippen LogP contribution in [-0.2, 0) is 0 Å². The van der Waals surface area contributed by atoms with E-state index in [2.05, 4.69) is 31.1 Å². The summed E-state index contributed by atoms with van der Waals surface area (Å²) in [6.45, 7) is 8.34. The molecule has 0 aliphatic heterocycles. The SMILES string of the molecule is Cc1nc(C)c(C(C)NCCCCCCCN)s1. The van der Waals surface area contributed by atoms with Gasteiger partial charge in [-0.2, -0.15) is 0 Å². The Hall–Kier alpha value is -0.450. The first-order chi connectivity index (χ1) is 8.65. The smallest absolute Gasteiger partial charge is 0.0900 e. The molecule has 1 atom stereocenters. The number of hydrogen-bond acceptors (Lipinski definition) is 4. The molecular formula is C14H27N3S. The molecule has 0 aliphatic carbocycles. The fourth-order valence-electron chi connectivity index (χ4n) is 2.16. The molecule has 1 aromatic rings. The maximum absolute atomic E-state index is 5.47. The monoisotopic (exact) mass is 269 g/mol. The molecule has 1 aromatic heterocycles. The highest BCUT2D eigenvalue weighted by Crippen LogP contribution is 2.24. The standard InChI is InChI=1S/C14H27N3S/c1-11(14-12(2)17-13(3)18-14)16-10-8-6-4-5-7-9-15/h11,16H,4-10,15H2,1-3H3. The van der Waals surface area contributed by atoms with Gasteiger partial charge in [-0.15, -0.1) is 11.3 Å². The van der Waals surface area contributed by atoms with Crippen LogP contribution >= 0.6 is 11.3 Å². The molecule has 18 heavy (non-hydrogen) atoms. The molecule has 0 amide bonds. The molecule has 0 bridgehead atoms. The van der Waals surface area contributed by atoms with Crippen LogP contribution in [0.25, 0.3) is 0 Å². The second-order valence-electron chi connectivity index (χ2n) is 4.91. The van der Waals surface area contributed by atoms with Gasteiger partial charge in [0, 0.05) is 10.9 Å². The van der Waals surface area contributed by atoms with E-state index in [4.69, 9.17) is 5.73 Å². The minimum atomic E-state index is 0.431. The van der Waals surface area contributed by atoms with E-state index >= 15 is 0 Å². The van der Waals surface area contributed by atoms with Gasteiger partial charge < -0.3 is 11.1 Å². The van der Waals surface area contributed by atoms with Crippen molar-refractivity contribution in [2.24, 2.45) is 5.73 Å². The van der Waals surface area contributed by atoms with Crippen LogP contribution < -0.4 is 11.1 Å². The maximum Gasteiger partial charge on any atom is 0.0900 e. The Bertz CT molecular complexity index is 336. The number of unbranched alkanes of at least 4 members (excludes halogenated alkanes) is 4. The van der Waals surface area contributed by atoms with Gasteiger partial charge in [0.15, 0.2) is 0 Å². The Balaban J connectivity index is 2.14. The Labute approximate surface area is 115 Å². The Kier molecular flexibility index (Phi) is 7.47. The molecule has 0 radical (unpaired) electrons. The number of nitrogens with zero attached hydrogens (tertiary/aromatic N) is 1. The van der Waals surface area contributed by atoms with Crippen LogP contribution in [0.5, 0.6) is 0 Å². The van der Waals surface area contributed by atoms with Crippen molar-refractivity contribution in [3.63, 3.8) is 0 Å². The molecular weight excluding hydrogens is 242 g/mol. The number of thiazole rings is 1. The lowest BCUT2D eigenvalue weighted by Crippen LogP contribution is -2.19. The molecule has 1 heterocycles. The molecule has 1 rings (SSSR count). The molecule has 1 unspecified atom stereocenters. The number of hydrogen-bond donors (Lipinski definition) is 2. The predicted octanol–water partition coefficient (Wildman–Crippen LogP) is 3.32. The van der Waals surface area contributed by atoms with Crippen LogP contribution in [0.4, 0.5) is 0 Å². The lowest BCUT2D eigenvalue weighted by molar-refractivity contribution is 0.532. The highest BCUT2D eigenvalue weighted by atomic mass is 32.1. The van der Waals surface area contributed by atoms with Gasteiger partial charge in [0.2, 0.25) is 0 Å². The Morgan fingerprint density at radius 2 is 1.83 bits per heavy atom. The summed E-state index contributed by atoms with van der Waals surface area (Å²) in [7, 11) is 0. The van der Waals surface area contributed by atoms with E-state index in [1.54, 1.807) is 0 Å². The minimum absolute atomic E-state index is 0.431. The lowest BCUT2D eigenvalue weighted by Gasteiger charge is -2.12. The van der Waals surface area contributed by atoms with Gasteiger partial charge in [-0.1, -0.05) is 19.3 Å². The molecule has 4 heteroatoms. The summed E-state index contributed by atoms with van der Waals surface area (Å²) < 4.78 is 0. The molecule has 3 N–H and O–H groups in total. The van der Waals surface area contributed by atoms with Crippen LogP contribution in [0.1, 0.15) is 60.6 Å². The zero-order valence-corrected chi connectivity index (χ0v) is 12.8. The summed E-state index contributed by atoms with van der Waals surface area (Å²) in [5, 5.41) is 4.75. The molecule has 0 saturated heterocycles. The largest absolute Gasteiger partial charge is 0.330 e. The van der Waals surface area contributed by atoms with Gasteiger partial charge >= 0.3 is 0 Å². The van der Waals surface area contributed by atoms with Crippen LogP contribution in [0, 0.1) is 13.8 Å². The van der Waals surface area contributed by atoms with Crippen LogP contribution in [0.3, 0.4) is 0 Å². The highest BCUT2D eigenvalue weighted by Gasteiger charge is 2.11. The summed E-state index contributed by atoms with van der Waals surface area (Å²) in [5.41, 5.74) is 6.65. The molecule has 0 spiro atoms. The third-order valence-corrected chi connectivity index (χ3v) is 4.42. The number of nitrogens with two attached hydrogens (primary N) is 1. The van der Waals surface area contributed by atoms with E-state index in [-0.39, 0.29) is 0 Å². The molecule has 0 aromatic carbocycles. The first-order valence-corrected chi connectivity index (χ1v) is 7.84. The van der Waals surface area contributed by atoms with Crippen LogP contribution in [0.2, 0.25) is 0 Å². The van der Waals surface area contributed by atoms with Gasteiger partial charge in [-0.3, -0.25) is 0 Å². The fourth-order valence-corrected chi connectivity index (χ4v) is 3.11. The Morgan fingerprint density at radius 3 is 2.44 bits per heavy atom. The van der Waals surface area contributed by atoms with E-state index in [1.165, 1.54) is 42.7 Å². The normalized spacial score (nSPS) is 12.9. The fraction of sp³-hybridized carbons (Fsp3) is 0.786. The van der Waals surface area contributed by atoms with Gasteiger partial charge in [-0.05, 0) is 46.7 Å². The van der Waals surface area contributed by atoms with Gasteiger partial charge in [0.25, 0.3) is 0 Å². The molecule has 3 nitrogen and oxygen atoms in total. The van der Waals surface area contributed by atoms with Gasteiger partial charge in [0.05, 0.1) is 10.7 Å². The van der Waals surface area contributed by atoms with Crippen molar-refractivity contribution < 1.29 is 0 Å². The zero-order chi connectivity index (χ0) is 13.4. The molecule has 0 aliphatic rings. The van der Waals surface area contributed by atoms with Crippen molar-refractivity contribution in [1.29, 1.82) is 0 Å². The van der Waals surface area contributed by atoms with Crippen molar-refractivity contribution >= 4 is 11.3 Å². The lowest BCUT2D eigenvalue weighted by atomic mass is 10.1. The Morgan fingerprint density at radius 1 is 1.17 bits per heavy atom. The topological polar surface area (TPSA) is 50.9 Å². The number of aromatic nitrogens is 1. The summed E-state index contributed by atoms with van der Waals surface area (Å²) >= 11 is 1.81. The quantitative estimate of drug-likeness (QED) is 0.676. The predicted molar refractivity (Wildman–Crippen MR) is 80.1 cm³/mol. The van der Waals surface area contributed by atoms with Crippen LogP contribution in [0.15, 0.2) is 0 Å². The number of aryl methyl sites for hydroxylation is 2. The first-order valence-electron chi connectivity index (χ1n) is 7.02. The van der Waals surface area contributed by atoms with Crippen molar-refractivity contribution in [2.45, 2.75) is 58.9 Å².